The van der Waals surface area contributed by atoms with Crippen LogP contribution in [0.25, 0.3) is 107 Å². The van der Waals surface area contributed by atoms with Crippen LogP contribution >= 0.6 is 11.3 Å². The molecule has 3 heteroatoms. The van der Waals surface area contributed by atoms with Crippen LogP contribution < -0.4 is 9.64 Å². The molecule has 0 saturated carbocycles. The largest absolute Gasteiger partial charge is 0.456 e. The second-order valence-electron chi connectivity index (χ2n) is 17.9. The van der Waals surface area contributed by atoms with E-state index in [0.29, 0.717) is 0 Å². The number of benzene rings is 11. The van der Waals surface area contributed by atoms with Crippen molar-refractivity contribution >= 4 is 102 Å². The summed E-state index contributed by atoms with van der Waals surface area (Å²) in [6, 6.07) is 91.1. The minimum atomic E-state index is 0.828. The molecule has 0 aliphatic carbocycles. The molecule has 1 aliphatic rings. The maximum Gasteiger partial charge on any atom is 0.135 e. The van der Waals surface area contributed by atoms with Gasteiger partial charge in [-0.2, -0.15) is 0 Å². The highest BCUT2D eigenvalue weighted by molar-refractivity contribution is 7.25. The Labute approximate surface area is 403 Å². The minimum absolute atomic E-state index is 0.828. The van der Waals surface area contributed by atoms with Crippen molar-refractivity contribution in [3.63, 3.8) is 0 Å². The summed E-state index contributed by atoms with van der Waals surface area (Å²) in [4.78, 5) is 2.45. The zero-order chi connectivity index (χ0) is 45.4. The van der Waals surface area contributed by atoms with Gasteiger partial charge >= 0.3 is 0 Å². The van der Waals surface area contributed by atoms with Gasteiger partial charge in [-0.05, 0) is 131 Å². The number of fused-ring (bicyclic) bond motifs is 18. The van der Waals surface area contributed by atoms with Gasteiger partial charge in [-0.3, -0.25) is 0 Å². The van der Waals surface area contributed by atoms with E-state index in [-0.39, 0.29) is 0 Å². The second-order valence-corrected chi connectivity index (χ2v) is 19.0. The van der Waals surface area contributed by atoms with Gasteiger partial charge in [-0.15, -0.1) is 11.3 Å². The smallest absolute Gasteiger partial charge is 0.135 e. The van der Waals surface area contributed by atoms with Crippen molar-refractivity contribution in [1.82, 2.24) is 0 Å². The Morgan fingerprint density at radius 2 is 0.725 bits per heavy atom. The van der Waals surface area contributed by atoms with Gasteiger partial charge in [0.15, 0.2) is 0 Å². The van der Waals surface area contributed by atoms with Crippen molar-refractivity contribution in [3.05, 3.63) is 249 Å². The predicted molar refractivity (Wildman–Crippen MR) is 296 cm³/mol. The van der Waals surface area contributed by atoms with Gasteiger partial charge in [0.25, 0.3) is 0 Å². The average molecular weight is 896 g/mol. The highest BCUT2D eigenvalue weighted by Crippen LogP contribution is 2.51. The van der Waals surface area contributed by atoms with E-state index in [9.17, 15) is 0 Å². The monoisotopic (exact) mass is 895 g/mol. The van der Waals surface area contributed by atoms with Crippen molar-refractivity contribution in [2.75, 3.05) is 4.90 Å². The summed E-state index contributed by atoms with van der Waals surface area (Å²) in [6.45, 7) is 0. The topological polar surface area (TPSA) is 12.5 Å². The Morgan fingerprint density at radius 3 is 1.42 bits per heavy atom. The summed E-state index contributed by atoms with van der Waals surface area (Å²) in [5.74, 6) is 1.68. The third-order valence-electron chi connectivity index (χ3n) is 14.1. The molecule has 0 fully saturated rings. The molecule has 13 aromatic rings. The Kier molecular flexibility index (Phi) is 9.11. The van der Waals surface area contributed by atoms with Gasteiger partial charge in [-0.25, -0.2) is 0 Å². The molecule has 12 aromatic carbocycles. The molecule has 2 heterocycles. The molecule has 0 spiro atoms. The molecular weight excluding hydrogens is 855 g/mol. The van der Waals surface area contributed by atoms with E-state index in [1.54, 1.807) is 0 Å². The summed E-state index contributed by atoms with van der Waals surface area (Å²) in [5, 5.41) is 14.6. The van der Waals surface area contributed by atoms with Crippen LogP contribution in [-0.2, 0) is 0 Å². The van der Waals surface area contributed by atoms with Crippen LogP contribution in [-0.4, -0.2) is 0 Å². The molecule has 0 unspecified atom stereocenters. The quantitative estimate of drug-likeness (QED) is 0.175. The molecule has 69 heavy (non-hydrogen) atoms. The van der Waals surface area contributed by atoms with E-state index < -0.39 is 0 Å². The maximum atomic E-state index is 6.81. The molecular formula is C66H41NOS. The molecule has 0 saturated heterocycles. The summed E-state index contributed by atoms with van der Waals surface area (Å²) in [5.41, 5.74) is 9.86. The Hall–Kier alpha value is -8.76. The summed E-state index contributed by atoms with van der Waals surface area (Å²) < 4.78 is 9.39. The molecule has 322 valence electrons. The standard InChI is InChI=1S/C66H41NOS/c1-2-18-42(19-3-1)45-20-12-15-31-62(45)67(44-35-37-64-60(39-44)53-28-11-8-25-50(53)55-29-13-16-32-63(55)68-64)43-34-36-54-57(38-43)51-26-9-6-23-48(51)46-21-4-5-22-47(46)49-24-7-10-27-52(49)59-41-66-61(40-58(54)59)56-30-14-17-33-65(56)69-66/h1-41H. The molecule has 0 amide bonds. The summed E-state index contributed by atoms with van der Waals surface area (Å²) >= 11 is 1.87. The van der Waals surface area contributed by atoms with Gasteiger partial charge in [0.2, 0.25) is 0 Å². The number of nitrogens with zero attached hydrogens (tertiary/aromatic N) is 1. The van der Waals surface area contributed by atoms with Gasteiger partial charge < -0.3 is 9.64 Å². The van der Waals surface area contributed by atoms with Crippen LogP contribution in [0.5, 0.6) is 11.5 Å². The molecule has 2 nitrogen and oxygen atoms in total. The van der Waals surface area contributed by atoms with Crippen LogP contribution in [0.1, 0.15) is 0 Å². The average Bonchev–Trinajstić information content (AvgIpc) is 3.72. The molecule has 0 atom stereocenters. The predicted octanol–water partition coefficient (Wildman–Crippen LogP) is 19.5. The molecule has 0 radical (unpaired) electrons. The number of rotatable bonds is 4. The fourth-order valence-electron chi connectivity index (χ4n) is 11.0. The fraction of sp³-hybridized carbons (Fsp3) is 0. The Balaban J connectivity index is 1.13. The number of thiophene rings is 1. The number of anilines is 3. The van der Waals surface area contributed by atoms with Crippen LogP contribution in [0.3, 0.4) is 0 Å². The van der Waals surface area contributed by atoms with E-state index in [2.05, 4.69) is 248 Å². The SMILES string of the molecule is c1ccc(-c2ccccc2N(c2ccc3c(c2)-c2ccccc2-c2ccccc2O3)c2ccc3c(c2)c2ccccc2c2ccccc2c2ccccc2c2cc4sc5ccccc5c4cc32)cc1. The van der Waals surface area contributed by atoms with Crippen molar-refractivity contribution in [2.24, 2.45) is 0 Å². The van der Waals surface area contributed by atoms with Crippen LogP contribution in [0.15, 0.2) is 249 Å². The molecule has 0 N–H and O–H groups in total. The van der Waals surface area contributed by atoms with Gasteiger partial charge in [-0.1, -0.05) is 188 Å². The number of hydrogen-bond acceptors (Lipinski definition) is 3. The number of hydrogen-bond donors (Lipinski definition) is 0. The minimum Gasteiger partial charge on any atom is -0.456 e. The Bertz CT molecular complexity index is 4300. The van der Waals surface area contributed by atoms with Crippen LogP contribution in [0.2, 0.25) is 0 Å². The first kappa shape index (κ1) is 39.4. The highest BCUT2D eigenvalue weighted by atomic mass is 32.1. The van der Waals surface area contributed by atoms with Crippen LogP contribution in [0.4, 0.5) is 17.1 Å². The zero-order valence-corrected chi connectivity index (χ0v) is 38.3. The third kappa shape index (κ3) is 6.39. The number of para-hydroxylation sites is 2. The first-order valence-electron chi connectivity index (χ1n) is 23.6. The van der Waals surface area contributed by atoms with Crippen molar-refractivity contribution in [1.29, 1.82) is 0 Å². The van der Waals surface area contributed by atoms with E-state index in [1.165, 1.54) is 74.0 Å². The van der Waals surface area contributed by atoms with Gasteiger partial charge in [0, 0.05) is 48.2 Å². The van der Waals surface area contributed by atoms with E-state index in [1.807, 2.05) is 17.4 Å². The van der Waals surface area contributed by atoms with Gasteiger partial charge in [0.05, 0.1) is 5.69 Å². The zero-order valence-electron chi connectivity index (χ0n) is 37.4. The Morgan fingerprint density at radius 1 is 0.261 bits per heavy atom. The maximum absolute atomic E-state index is 6.81. The van der Waals surface area contributed by atoms with Crippen LogP contribution in [0, 0.1) is 0 Å². The third-order valence-corrected chi connectivity index (χ3v) is 15.2. The van der Waals surface area contributed by atoms with E-state index in [4.69, 9.17) is 4.74 Å². The highest BCUT2D eigenvalue weighted by Gasteiger charge is 2.24. The lowest BCUT2D eigenvalue weighted by Crippen LogP contribution is -2.11. The second kappa shape index (κ2) is 16.0. The van der Waals surface area contributed by atoms with Crippen molar-refractivity contribution < 1.29 is 4.74 Å². The molecule has 1 aromatic heterocycles. The van der Waals surface area contributed by atoms with E-state index in [0.717, 1.165) is 61.9 Å². The molecule has 14 rings (SSSR count). The van der Waals surface area contributed by atoms with Crippen molar-refractivity contribution in [3.8, 4) is 44.9 Å². The van der Waals surface area contributed by atoms with Crippen molar-refractivity contribution in [2.45, 2.75) is 0 Å². The summed E-state index contributed by atoms with van der Waals surface area (Å²) in [7, 11) is 0. The molecule has 1 aliphatic heterocycles. The lowest BCUT2D eigenvalue weighted by Gasteiger charge is -2.29. The lowest BCUT2D eigenvalue weighted by atomic mass is 9.93. The first-order valence-corrected chi connectivity index (χ1v) is 24.4. The summed E-state index contributed by atoms with van der Waals surface area (Å²) in [6.07, 6.45) is 0. The normalized spacial score (nSPS) is 11.9. The van der Waals surface area contributed by atoms with E-state index >= 15 is 0 Å². The number of ether oxygens (including phenoxy) is 1. The fourth-order valence-corrected chi connectivity index (χ4v) is 12.1. The first-order chi connectivity index (χ1) is 34.2. The van der Waals surface area contributed by atoms with Gasteiger partial charge in [0.1, 0.15) is 11.5 Å². The lowest BCUT2D eigenvalue weighted by molar-refractivity contribution is 0.488. The molecule has 0 bridgehead atoms.